The standard InChI is InChI=1S/C12H12BrClN4O3S/c1-22(20,21)6-5-18-4-2-3-9(11(18)19)16-10-8(13)7-15-12(14)17-10/h2-4,7H,5-6H2,1H3,(H,15,16,17). The van der Waals surface area contributed by atoms with Crippen molar-refractivity contribution in [3.8, 4) is 0 Å². The van der Waals surface area contributed by atoms with Crippen LogP contribution >= 0.6 is 27.5 Å². The second-order valence-corrected chi connectivity index (χ2v) is 7.96. The van der Waals surface area contributed by atoms with Crippen LogP contribution in [0.15, 0.2) is 33.8 Å². The molecule has 2 aromatic heterocycles. The van der Waals surface area contributed by atoms with Crippen LogP contribution in [0.1, 0.15) is 0 Å². The Labute approximate surface area is 140 Å². The summed E-state index contributed by atoms with van der Waals surface area (Å²) in [5.41, 5.74) is -0.0979. The Morgan fingerprint density at radius 3 is 2.86 bits per heavy atom. The van der Waals surface area contributed by atoms with Crippen LogP contribution in [0.3, 0.4) is 0 Å². The first-order chi connectivity index (χ1) is 10.3. The van der Waals surface area contributed by atoms with Gasteiger partial charge in [-0.05, 0) is 39.7 Å². The highest BCUT2D eigenvalue weighted by Crippen LogP contribution is 2.22. The third kappa shape index (κ3) is 4.52. The lowest BCUT2D eigenvalue weighted by Crippen LogP contribution is -2.25. The lowest BCUT2D eigenvalue weighted by atomic mass is 10.4. The highest BCUT2D eigenvalue weighted by Gasteiger charge is 2.10. The zero-order valence-electron chi connectivity index (χ0n) is 11.5. The Morgan fingerprint density at radius 2 is 2.18 bits per heavy atom. The van der Waals surface area contributed by atoms with Gasteiger partial charge in [-0.1, -0.05) is 0 Å². The van der Waals surface area contributed by atoms with Crippen molar-refractivity contribution >= 4 is 48.9 Å². The fourth-order valence-corrected chi connectivity index (χ4v) is 2.58. The molecule has 0 atom stereocenters. The Hall–Kier alpha value is -1.45. The van der Waals surface area contributed by atoms with Gasteiger partial charge >= 0.3 is 0 Å². The molecule has 0 amide bonds. The van der Waals surface area contributed by atoms with Crippen molar-refractivity contribution in [2.45, 2.75) is 6.54 Å². The second-order valence-electron chi connectivity index (χ2n) is 4.51. The van der Waals surface area contributed by atoms with Gasteiger partial charge in [-0.3, -0.25) is 4.79 Å². The zero-order valence-corrected chi connectivity index (χ0v) is 14.6. The van der Waals surface area contributed by atoms with E-state index in [1.54, 1.807) is 12.1 Å². The first-order valence-corrected chi connectivity index (χ1v) is 9.31. The number of hydrogen-bond donors (Lipinski definition) is 1. The van der Waals surface area contributed by atoms with E-state index in [0.717, 1.165) is 6.26 Å². The molecule has 2 heterocycles. The minimum atomic E-state index is -3.15. The van der Waals surface area contributed by atoms with Gasteiger partial charge in [0.25, 0.3) is 5.56 Å². The summed E-state index contributed by atoms with van der Waals surface area (Å²) in [4.78, 5) is 20.1. The van der Waals surface area contributed by atoms with Gasteiger partial charge in [0, 0.05) is 25.2 Å². The summed E-state index contributed by atoms with van der Waals surface area (Å²) in [6, 6.07) is 3.21. The van der Waals surface area contributed by atoms with Gasteiger partial charge in [0.2, 0.25) is 5.28 Å². The van der Waals surface area contributed by atoms with E-state index in [0.29, 0.717) is 10.3 Å². The monoisotopic (exact) mass is 406 g/mol. The number of anilines is 2. The molecule has 0 bridgehead atoms. The number of nitrogens with zero attached hydrogens (tertiary/aromatic N) is 3. The number of pyridine rings is 1. The van der Waals surface area contributed by atoms with E-state index in [-0.39, 0.29) is 28.8 Å². The molecule has 118 valence electrons. The van der Waals surface area contributed by atoms with Gasteiger partial charge in [-0.25, -0.2) is 13.4 Å². The van der Waals surface area contributed by atoms with Crippen LogP contribution in [-0.4, -0.2) is 35.0 Å². The molecule has 0 aromatic carbocycles. The average Bonchev–Trinajstić information content (AvgIpc) is 2.43. The van der Waals surface area contributed by atoms with Gasteiger partial charge in [0.15, 0.2) is 0 Å². The lowest BCUT2D eigenvalue weighted by molar-refractivity contribution is 0.593. The first-order valence-electron chi connectivity index (χ1n) is 6.08. The Kier molecular flexibility index (Phi) is 5.20. The number of aromatic nitrogens is 3. The molecule has 0 spiro atoms. The van der Waals surface area contributed by atoms with Crippen molar-refractivity contribution in [1.29, 1.82) is 0 Å². The van der Waals surface area contributed by atoms with Crippen molar-refractivity contribution in [1.82, 2.24) is 14.5 Å². The summed E-state index contributed by atoms with van der Waals surface area (Å²) in [5.74, 6) is 0.234. The van der Waals surface area contributed by atoms with E-state index < -0.39 is 9.84 Å². The van der Waals surface area contributed by atoms with E-state index in [9.17, 15) is 13.2 Å². The van der Waals surface area contributed by atoms with E-state index in [1.165, 1.54) is 17.0 Å². The van der Waals surface area contributed by atoms with Crippen molar-refractivity contribution < 1.29 is 8.42 Å². The molecule has 2 rings (SSSR count). The van der Waals surface area contributed by atoms with Crippen molar-refractivity contribution in [2.24, 2.45) is 0 Å². The van der Waals surface area contributed by atoms with Gasteiger partial charge < -0.3 is 9.88 Å². The zero-order chi connectivity index (χ0) is 16.3. The molecule has 22 heavy (non-hydrogen) atoms. The average molecular weight is 408 g/mol. The van der Waals surface area contributed by atoms with Gasteiger partial charge in [0.1, 0.15) is 21.3 Å². The largest absolute Gasteiger partial charge is 0.335 e. The summed E-state index contributed by atoms with van der Waals surface area (Å²) < 4.78 is 24.3. The van der Waals surface area contributed by atoms with Crippen LogP contribution in [-0.2, 0) is 16.4 Å². The minimum absolute atomic E-state index is 0.0408. The van der Waals surface area contributed by atoms with E-state index in [2.05, 4.69) is 31.2 Å². The van der Waals surface area contributed by atoms with E-state index >= 15 is 0 Å². The topological polar surface area (TPSA) is 93.9 Å². The molecule has 0 fully saturated rings. The minimum Gasteiger partial charge on any atom is -0.335 e. The summed E-state index contributed by atoms with van der Waals surface area (Å²) in [6.45, 7) is 0.0822. The van der Waals surface area contributed by atoms with Crippen LogP contribution in [0.25, 0.3) is 0 Å². The number of hydrogen-bond acceptors (Lipinski definition) is 6. The van der Waals surface area contributed by atoms with Crippen molar-refractivity contribution in [3.05, 3.63) is 44.6 Å². The van der Waals surface area contributed by atoms with E-state index in [4.69, 9.17) is 11.6 Å². The summed E-state index contributed by atoms with van der Waals surface area (Å²) >= 11 is 8.97. The Balaban J connectivity index is 2.29. The van der Waals surface area contributed by atoms with Gasteiger partial charge in [-0.15, -0.1) is 0 Å². The number of aryl methyl sites for hydroxylation is 1. The molecule has 10 heteroatoms. The van der Waals surface area contributed by atoms with Crippen LogP contribution in [0.4, 0.5) is 11.5 Å². The number of halogens is 2. The number of nitrogens with one attached hydrogen (secondary N) is 1. The maximum absolute atomic E-state index is 12.3. The molecular formula is C12H12BrClN4O3S. The van der Waals surface area contributed by atoms with Crippen LogP contribution in [0, 0.1) is 0 Å². The molecule has 0 aliphatic carbocycles. The molecule has 2 aromatic rings. The SMILES string of the molecule is CS(=O)(=O)CCn1cccc(Nc2nc(Cl)ncc2Br)c1=O. The maximum Gasteiger partial charge on any atom is 0.274 e. The summed E-state index contributed by atoms with van der Waals surface area (Å²) in [7, 11) is -3.15. The molecule has 0 aliphatic heterocycles. The molecule has 0 unspecified atom stereocenters. The lowest BCUT2D eigenvalue weighted by Gasteiger charge is -2.10. The second kappa shape index (κ2) is 6.76. The maximum atomic E-state index is 12.3. The summed E-state index contributed by atoms with van der Waals surface area (Å²) in [6.07, 6.45) is 4.11. The van der Waals surface area contributed by atoms with Crippen LogP contribution in [0.2, 0.25) is 5.28 Å². The molecule has 0 radical (unpaired) electrons. The highest BCUT2D eigenvalue weighted by molar-refractivity contribution is 9.10. The van der Waals surface area contributed by atoms with Crippen molar-refractivity contribution in [3.63, 3.8) is 0 Å². The normalized spacial score (nSPS) is 11.4. The predicted octanol–water partition coefficient (Wildman–Crippen LogP) is 1.84. The third-order valence-corrected chi connectivity index (χ3v) is 4.38. The molecule has 0 saturated carbocycles. The summed E-state index contributed by atoms with van der Waals surface area (Å²) in [5, 5.41) is 2.89. The van der Waals surface area contributed by atoms with Gasteiger partial charge in [0.05, 0.1) is 10.2 Å². The van der Waals surface area contributed by atoms with Crippen molar-refractivity contribution in [2.75, 3.05) is 17.3 Å². The fraction of sp³-hybridized carbons (Fsp3) is 0.250. The third-order valence-electron chi connectivity index (χ3n) is 2.69. The van der Waals surface area contributed by atoms with Crippen LogP contribution < -0.4 is 10.9 Å². The molecule has 7 nitrogen and oxygen atoms in total. The van der Waals surface area contributed by atoms with E-state index in [1.807, 2.05) is 0 Å². The number of rotatable bonds is 5. The fourth-order valence-electron chi connectivity index (χ4n) is 1.63. The number of sulfone groups is 1. The Bertz CT molecular complexity index is 854. The van der Waals surface area contributed by atoms with Gasteiger partial charge in [-0.2, -0.15) is 4.98 Å². The highest BCUT2D eigenvalue weighted by atomic mass is 79.9. The quantitative estimate of drug-likeness (QED) is 0.760. The predicted molar refractivity (Wildman–Crippen MR) is 88.4 cm³/mol. The molecule has 0 saturated heterocycles. The van der Waals surface area contributed by atoms with Crippen LogP contribution in [0.5, 0.6) is 0 Å². The molecular weight excluding hydrogens is 396 g/mol. The molecule has 1 N–H and O–H groups in total. The first kappa shape index (κ1) is 16.9. The molecule has 0 aliphatic rings. The smallest absolute Gasteiger partial charge is 0.274 e. The Morgan fingerprint density at radius 1 is 1.45 bits per heavy atom.